The maximum atomic E-state index is 11.2. The number of carboxylic acids is 1. The highest BCUT2D eigenvalue weighted by atomic mass is 35.5. The molecular weight excluding hydrogens is 275 g/mol. The number of ether oxygens (including phenoxy) is 1. The van der Waals surface area contributed by atoms with Crippen molar-refractivity contribution in [1.29, 1.82) is 0 Å². The molecule has 0 atom stereocenters. The molecule has 1 aliphatic carbocycles. The van der Waals surface area contributed by atoms with E-state index in [1.54, 1.807) is 6.07 Å². The molecular formula is C13H14Cl2O3. The maximum absolute atomic E-state index is 11.2. The van der Waals surface area contributed by atoms with E-state index in [1.807, 2.05) is 0 Å². The van der Waals surface area contributed by atoms with Crippen molar-refractivity contribution in [2.45, 2.75) is 38.2 Å². The number of hydrogen-bond donors (Lipinski definition) is 1. The molecule has 3 nitrogen and oxygen atoms in total. The van der Waals surface area contributed by atoms with Crippen LogP contribution in [0.15, 0.2) is 12.1 Å². The van der Waals surface area contributed by atoms with Gasteiger partial charge >= 0.3 is 5.97 Å². The van der Waals surface area contributed by atoms with Crippen molar-refractivity contribution in [3.05, 3.63) is 27.7 Å². The fourth-order valence-corrected chi connectivity index (χ4v) is 2.63. The van der Waals surface area contributed by atoms with Gasteiger partial charge < -0.3 is 9.84 Å². The summed E-state index contributed by atoms with van der Waals surface area (Å²) in [7, 11) is 0. The normalized spacial score (nSPS) is 16.6. The fraction of sp³-hybridized carbons (Fsp3) is 0.462. The van der Waals surface area contributed by atoms with Crippen molar-refractivity contribution in [2.75, 3.05) is 0 Å². The van der Waals surface area contributed by atoms with Crippen molar-refractivity contribution < 1.29 is 14.6 Å². The monoisotopic (exact) mass is 288 g/mol. The molecule has 0 amide bonds. The van der Waals surface area contributed by atoms with Gasteiger partial charge in [0.25, 0.3) is 0 Å². The number of rotatable bonds is 3. The van der Waals surface area contributed by atoms with Gasteiger partial charge in [0.05, 0.1) is 16.1 Å². The van der Waals surface area contributed by atoms with E-state index in [9.17, 15) is 9.90 Å². The highest BCUT2D eigenvalue weighted by Crippen LogP contribution is 2.36. The lowest BCUT2D eigenvalue weighted by molar-refractivity contribution is 0.0686. The number of carbonyl (C=O) groups is 1. The smallest absolute Gasteiger partial charge is 0.341 e. The first-order valence-electron chi connectivity index (χ1n) is 5.97. The zero-order valence-corrected chi connectivity index (χ0v) is 11.3. The summed E-state index contributed by atoms with van der Waals surface area (Å²) in [5.41, 5.74) is -0.0465. The fourth-order valence-electron chi connectivity index (χ4n) is 2.20. The van der Waals surface area contributed by atoms with Gasteiger partial charge in [-0.3, -0.25) is 0 Å². The molecule has 0 aliphatic heterocycles. The summed E-state index contributed by atoms with van der Waals surface area (Å²) in [5, 5.41) is 9.62. The molecule has 5 heteroatoms. The van der Waals surface area contributed by atoms with Crippen molar-refractivity contribution in [3.8, 4) is 5.75 Å². The summed E-state index contributed by atoms with van der Waals surface area (Å²) in [6, 6.07) is 3.04. The van der Waals surface area contributed by atoms with Crippen molar-refractivity contribution in [3.63, 3.8) is 0 Å². The number of hydrogen-bond acceptors (Lipinski definition) is 2. The molecule has 1 N–H and O–H groups in total. The molecule has 1 aliphatic rings. The topological polar surface area (TPSA) is 46.5 Å². The average Bonchev–Trinajstić information content (AvgIpc) is 2.35. The standard InChI is InChI=1S/C13H14Cl2O3/c14-9-6-7-10(15)12(11(9)13(16)17)18-8-4-2-1-3-5-8/h6-8H,1-5H2,(H,16,17). The van der Waals surface area contributed by atoms with E-state index in [0.717, 1.165) is 25.7 Å². The Hall–Kier alpha value is -0.930. The molecule has 1 saturated carbocycles. The molecule has 98 valence electrons. The van der Waals surface area contributed by atoms with Crippen molar-refractivity contribution >= 4 is 29.2 Å². The van der Waals surface area contributed by atoms with Gasteiger partial charge in [-0.1, -0.05) is 29.6 Å². The number of halogens is 2. The number of benzene rings is 1. The van der Waals surface area contributed by atoms with Gasteiger partial charge in [-0.2, -0.15) is 0 Å². The molecule has 1 aromatic rings. The second kappa shape index (κ2) is 5.81. The van der Waals surface area contributed by atoms with Gasteiger partial charge in [-0.05, 0) is 37.8 Å². The second-order valence-corrected chi connectivity index (χ2v) is 5.23. The zero-order chi connectivity index (χ0) is 13.1. The Kier molecular flexibility index (Phi) is 4.36. The minimum atomic E-state index is -1.12. The van der Waals surface area contributed by atoms with Gasteiger partial charge in [-0.15, -0.1) is 0 Å². The van der Waals surface area contributed by atoms with Gasteiger partial charge in [-0.25, -0.2) is 4.79 Å². The van der Waals surface area contributed by atoms with E-state index < -0.39 is 5.97 Å². The minimum absolute atomic E-state index is 0.0350. The third-order valence-electron chi connectivity index (χ3n) is 3.11. The molecule has 18 heavy (non-hydrogen) atoms. The van der Waals surface area contributed by atoms with Crippen LogP contribution in [-0.2, 0) is 0 Å². The summed E-state index contributed by atoms with van der Waals surface area (Å²) < 4.78 is 5.76. The van der Waals surface area contributed by atoms with Crippen LogP contribution in [0.5, 0.6) is 5.75 Å². The van der Waals surface area contributed by atoms with Crippen LogP contribution in [0.2, 0.25) is 10.0 Å². The Morgan fingerprint density at radius 3 is 2.39 bits per heavy atom. The van der Waals surface area contributed by atoms with Crippen LogP contribution < -0.4 is 4.74 Å². The molecule has 1 aromatic carbocycles. The first-order valence-corrected chi connectivity index (χ1v) is 6.73. The molecule has 0 aromatic heterocycles. The summed E-state index contributed by atoms with van der Waals surface area (Å²) in [4.78, 5) is 11.2. The molecule has 0 heterocycles. The van der Waals surface area contributed by atoms with Gasteiger partial charge in [0.15, 0.2) is 5.75 Å². The molecule has 0 bridgehead atoms. The Balaban J connectivity index is 2.30. The van der Waals surface area contributed by atoms with E-state index in [0.29, 0.717) is 5.02 Å². The Labute approximate surface area is 116 Å². The highest BCUT2D eigenvalue weighted by Gasteiger charge is 2.23. The summed E-state index contributed by atoms with van der Waals surface area (Å²) in [6.07, 6.45) is 5.31. The highest BCUT2D eigenvalue weighted by molar-refractivity contribution is 6.36. The Morgan fingerprint density at radius 2 is 1.78 bits per heavy atom. The lowest BCUT2D eigenvalue weighted by Gasteiger charge is -2.24. The van der Waals surface area contributed by atoms with E-state index in [2.05, 4.69) is 0 Å². The molecule has 1 fully saturated rings. The SMILES string of the molecule is O=C(O)c1c(Cl)ccc(Cl)c1OC1CCCCC1. The lowest BCUT2D eigenvalue weighted by Crippen LogP contribution is -2.21. The summed E-state index contributed by atoms with van der Waals surface area (Å²) in [6.45, 7) is 0. The molecule has 0 radical (unpaired) electrons. The zero-order valence-electron chi connectivity index (χ0n) is 9.79. The molecule has 0 spiro atoms. The second-order valence-electron chi connectivity index (χ2n) is 4.42. The van der Waals surface area contributed by atoms with E-state index in [4.69, 9.17) is 27.9 Å². The van der Waals surface area contributed by atoms with Gasteiger partial charge in [0.2, 0.25) is 0 Å². The first kappa shape index (κ1) is 13.5. The third-order valence-corrected chi connectivity index (χ3v) is 3.72. The molecule has 0 unspecified atom stereocenters. The maximum Gasteiger partial charge on any atom is 0.341 e. The van der Waals surface area contributed by atoms with Crippen LogP contribution in [0.3, 0.4) is 0 Å². The van der Waals surface area contributed by atoms with E-state index >= 15 is 0 Å². The third kappa shape index (κ3) is 2.90. The minimum Gasteiger partial charge on any atom is -0.488 e. The van der Waals surface area contributed by atoms with E-state index in [1.165, 1.54) is 12.5 Å². The molecule has 0 saturated heterocycles. The largest absolute Gasteiger partial charge is 0.488 e. The predicted octanol–water partition coefficient (Wildman–Crippen LogP) is 4.40. The van der Waals surface area contributed by atoms with Crippen LogP contribution in [0.25, 0.3) is 0 Å². The Bertz CT molecular complexity index is 454. The number of carboxylic acid groups (broad SMARTS) is 1. The van der Waals surface area contributed by atoms with Crippen LogP contribution in [0, 0.1) is 0 Å². The quantitative estimate of drug-likeness (QED) is 0.896. The van der Waals surface area contributed by atoms with Crippen LogP contribution in [0.1, 0.15) is 42.5 Å². The van der Waals surface area contributed by atoms with Crippen LogP contribution >= 0.6 is 23.2 Å². The summed E-state index contributed by atoms with van der Waals surface area (Å²) >= 11 is 11.9. The van der Waals surface area contributed by atoms with Crippen molar-refractivity contribution in [1.82, 2.24) is 0 Å². The van der Waals surface area contributed by atoms with Crippen LogP contribution in [0.4, 0.5) is 0 Å². The van der Waals surface area contributed by atoms with E-state index in [-0.39, 0.29) is 22.4 Å². The van der Waals surface area contributed by atoms with Crippen LogP contribution in [-0.4, -0.2) is 17.2 Å². The first-order chi connectivity index (χ1) is 8.59. The number of aromatic carboxylic acids is 1. The van der Waals surface area contributed by atoms with Gasteiger partial charge in [0, 0.05) is 0 Å². The predicted molar refractivity (Wildman–Crippen MR) is 70.9 cm³/mol. The summed E-state index contributed by atoms with van der Waals surface area (Å²) in [5.74, 6) is -0.920. The average molecular weight is 289 g/mol. The van der Waals surface area contributed by atoms with Gasteiger partial charge in [0.1, 0.15) is 5.56 Å². The van der Waals surface area contributed by atoms with Crippen molar-refractivity contribution in [2.24, 2.45) is 0 Å². The lowest BCUT2D eigenvalue weighted by atomic mass is 9.97. The Morgan fingerprint density at radius 1 is 1.17 bits per heavy atom. The molecule has 2 rings (SSSR count).